The highest BCUT2D eigenvalue weighted by molar-refractivity contribution is 5.71. The summed E-state index contributed by atoms with van der Waals surface area (Å²) >= 11 is 0. The molecule has 1 unspecified atom stereocenters. The highest BCUT2D eigenvalue weighted by atomic mass is 16.6. The minimum absolute atomic E-state index is 0.0878. The van der Waals surface area contributed by atoms with Gasteiger partial charge >= 0.3 is 17.9 Å². The Labute approximate surface area is 376 Å². The Hall–Kier alpha value is -3.15. The van der Waals surface area contributed by atoms with Crippen LogP contribution in [0.15, 0.2) is 72.9 Å². The van der Waals surface area contributed by atoms with Gasteiger partial charge in [0, 0.05) is 19.3 Å². The summed E-state index contributed by atoms with van der Waals surface area (Å²) in [6, 6.07) is 0. The predicted molar refractivity (Wildman–Crippen MR) is 261 cm³/mol. The topological polar surface area (TPSA) is 78.9 Å². The molecular formula is C55H94O6. The molecule has 0 fully saturated rings. The molecule has 0 rings (SSSR count). The van der Waals surface area contributed by atoms with E-state index in [0.717, 1.165) is 122 Å². The van der Waals surface area contributed by atoms with Crippen LogP contribution in [0.2, 0.25) is 0 Å². The van der Waals surface area contributed by atoms with Gasteiger partial charge in [0.25, 0.3) is 0 Å². The van der Waals surface area contributed by atoms with E-state index in [4.69, 9.17) is 14.2 Å². The van der Waals surface area contributed by atoms with Crippen LogP contribution in [0, 0.1) is 0 Å². The van der Waals surface area contributed by atoms with E-state index in [-0.39, 0.29) is 31.1 Å². The van der Waals surface area contributed by atoms with Crippen LogP contribution in [0.3, 0.4) is 0 Å². The Kier molecular flexibility index (Phi) is 46.9. The Morgan fingerprint density at radius 1 is 0.344 bits per heavy atom. The zero-order valence-electron chi connectivity index (χ0n) is 39.9. The first kappa shape index (κ1) is 57.9. The number of carbonyl (C=O) groups is 3. The van der Waals surface area contributed by atoms with E-state index in [1.165, 1.54) is 77.0 Å². The molecule has 350 valence electrons. The number of carbonyl (C=O) groups excluding carboxylic acids is 3. The number of allylic oxidation sites excluding steroid dienone is 12. The van der Waals surface area contributed by atoms with Gasteiger partial charge in [0.1, 0.15) is 13.2 Å². The van der Waals surface area contributed by atoms with Crippen molar-refractivity contribution in [3.05, 3.63) is 72.9 Å². The zero-order chi connectivity index (χ0) is 44.4. The Bertz CT molecular complexity index is 1160. The fourth-order valence-electron chi connectivity index (χ4n) is 6.90. The molecule has 0 aromatic carbocycles. The van der Waals surface area contributed by atoms with Crippen LogP contribution in [0.1, 0.15) is 239 Å². The Morgan fingerprint density at radius 2 is 0.639 bits per heavy atom. The first-order valence-electron chi connectivity index (χ1n) is 25.4. The minimum Gasteiger partial charge on any atom is -0.462 e. The molecule has 0 aliphatic carbocycles. The van der Waals surface area contributed by atoms with Gasteiger partial charge in [-0.2, -0.15) is 0 Å². The predicted octanol–water partition coefficient (Wildman–Crippen LogP) is 16.6. The lowest BCUT2D eigenvalue weighted by atomic mass is 10.1. The zero-order valence-corrected chi connectivity index (χ0v) is 39.9. The van der Waals surface area contributed by atoms with E-state index in [1.54, 1.807) is 0 Å². The Morgan fingerprint density at radius 3 is 0.984 bits per heavy atom. The molecule has 0 aromatic rings. The molecule has 0 N–H and O–H groups in total. The lowest BCUT2D eigenvalue weighted by Crippen LogP contribution is -2.30. The summed E-state index contributed by atoms with van der Waals surface area (Å²) in [6.45, 7) is 6.37. The van der Waals surface area contributed by atoms with Crippen molar-refractivity contribution >= 4 is 17.9 Å². The maximum absolute atomic E-state index is 12.8. The average molecular weight is 851 g/mol. The van der Waals surface area contributed by atoms with Crippen molar-refractivity contribution in [1.82, 2.24) is 0 Å². The van der Waals surface area contributed by atoms with E-state index in [9.17, 15) is 14.4 Å². The number of hydrogen-bond acceptors (Lipinski definition) is 6. The molecule has 0 aromatic heterocycles. The van der Waals surface area contributed by atoms with Crippen molar-refractivity contribution in [1.29, 1.82) is 0 Å². The van der Waals surface area contributed by atoms with Gasteiger partial charge in [-0.15, -0.1) is 0 Å². The normalized spacial score (nSPS) is 12.6. The summed E-state index contributed by atoms with van der Waals surface area (Å²) < 4.78 is 16.8. The second-order valence-corrected chi connectivity index (χ2v) is 16.7. The molecule has 0 saturated heterocycles. The summed E-state index contributed by atoms with van der Waals surface area (Å²) in [5, 5.41) is 0. The SMILES string of the molecule is CC/C=C\C/C=C\CCCCCCCCCC(=O)OC(COC(=O)CCCCCCC/C=C\C/C=C\CC)COC(=O)CCCCCCCCC/C=C\C/C=C\CCCCC. The molecule has 0 spiro atoms. The smallest absolute Gasteiger partial charge is 0.306 e. The second-order valence-electron chi connectivity index (χ2n) is 16.7. The number of esters is 3. The summed E-state index contributed by atoms with van der Waals surface area (Å²) in [4.78, 5) is 37.9. The van der Waals surface area contributed by atoms with E-state index in [0.29, 0.717) is 19.3 Å². The minimum atomic E-state index is -0.788. The largest absolute Gasteiger partial charge is 0.462 e. The maximum atomic E-state index is 12.8. The van der Waals surface area contributed by atoms with Crippen LogP contribution >= 0.6 is 0 Å². The molecule has 0 amide bonds. The summed E-state index contributed by atoms with van der Waals surface area (Å²) in [5.74, 6) is -0.918. The lowest BCUT2D eigenvalue weighted by Gasteiger charge is -2.18. The van der Waals surface area contributed by atoms with E-state index < -0.39 is 6.10 Å². The third-order valence-corrected chi connectivity index (χ3v) is 10.7. The van der Waals surface area contributed by atoms with Gasteiger partial charge in [-0.1, -0.05) is 190 Å². The van der Waals surface area contributed by atoms with Crippen molar-refractivity contribution in [2.75, 3.05) is 13.2 Å². The molecular weight excluding hydrogens is 757 g/mol. The number of ether oxygens (including phenoxy) is 3. The first-order chi connectivity index (χ1) is 30.0. The summed E-state index contributed by atoms with van der Waals surface area (Å²) in [7, 11) is 0. The van der Waals surface area contributed by atoms with E-state index >= 15 is 0 Å². The van der Waals surface area contributed by atoms with Crippen LogP contribution in [-0.2, 0) is 28.6 Å². The molecule has 0 saturated carbocycles. The van der Waals surface area contributed by atoms with Crippen molar-refractivity contribution in [3.63, 3.8) is 0 Å². The first-order valence-corrected chi connectivity index (χ1v) is 25.4. The molecule has 0 bridgehead atoms. The molecule has 0 radical (unpaired) electrons. The van der Waals surface area contributed by atoms with Crippen LogP contribution in [0.5, 0.6) is 0 Å². The molecule has 0 aliphatic heterocycles. The third kappa shape index (κ3) is 47.7. The number of rotatable bonds is 45. The lowest BCUT2D eigenvalue weighted by molar-refractivity contribution is -0.167. The van der Waals surface area contributed by atoms with Crippen LogP contribution in [-0.4, -0.2) is 37.2 Å². The summed E-state index contributed by atoms with van der Waals surface area (Å²) in [6.07, 6.45) is 61.7. The van der Waals surface area contributed by atoms with Gasteiger partial charge in [-0.3, -0.25) is 14.4 Å². The van der Waals surface area contributed by atoms with Gasteiger partial charge in [-0.05, 0) is 103 Å². The van der Waals surface area contributed by atoms with Gasteiger partial charge in [0.15, 0.2) is 6.10 Å². The van der Waals surface area contributed by atoms with Crippen molar-refractivity contribution in [2.24, 2.45) is 0 Å². The standard InChI is InChI=1S/C55H94O6/c1-4-7-10-13-16-19-22-25-27-28-29-31-33-36-39-42-45-48-54(57)60-51-52(50-59-53(56)47-44-41-38-35-32-24-21-18-15-12-9-6-3)61-55(58)49-46-43-40-37-34-30-26-23-20-17-14-11-8-5-2/h8-9,11-12,16-21,25,27,52H,4-7,10,13-15,22-24,26,28-51H2,1-3H3/b11-8-,12-9-,19-16-,20-17-,21-18-,27-25-. The number of unbranched alkanes of at least 4 members (excludes halogenated alkanes) is 22. The summed E-state index contributed by atoms with van der Waals surface area (Å²) in [5.41, 5.74) is 0. The fraction of sp³-hybridized carbons (Fsp3) is 0.727. The van der Waals surface area contributed by atoms with Crippen molar-refractivity contribution in [3.8, 4) is 0 Å². The third-order valence-electron chi connectivity index (χ3n) is 10.7. The van der Waals surface area contributed by atoms with Gasteiger partial charge in [-0.25, -0.2) is 0 Å². The highest BCUT2D eigenvalue weighted by Gasteiger charge is 2.19. The molecule has 61 heavy (non-hydrogen) atoms. The molecule has 6 heteroatoms. The van der Waals surface area contributed by atoms with Crippen LogP contribution in [0.25, 0.3) is 0 Å². The van der Waals surface area contributed by atoms with E-state index in [1.807, 2.05) is 0 Å². The van der Waals surface area contributed by atoms with Crippen LogP contribution in [0.4, 0.5) is 0 Å². The van der Waals surface area contributed by atoms with Gasteiger partial charge < -0.3 is 14.2 Å². The highest BCUT2D eigenvalue weighted by Crippen LogP contribution is 2.14. The monoisotopic (exact) mass is 851 g/mol. The van der Waals surface area contributed by atoms with Gasteiger partial charge in [0.2, 0.25) is 0 Å². The quantitative estimate of drug-likeness (QED) is 0.0263. The second kappa shape index (κ2) is 49.5. The average Bonchev–Trinajstić information content (AvgIpc) is 3.26. The molecule has 0 aliphatic rings. The molecule has 0 heterocycles. The molecule has 6 nitrogen and oxygen atoms in total. The number of hydrogen-bond donors (Lipinski definition) is 0. The van der Waals surface area contributed by atoms with Crippen molar-refractivity contribution in [2.45, 2.75) is 245 Å². The van der Waals surface area contributed by atoms with E-state index in [2.05, 4.69) is 93.7 Å². The van der Waals surface area contributed by atoms with Crippen LogP contribution < -0.4 is 0 Å². The van der Waals surface area contributed by atoms with Gasteiger partial charge in [0.05, 0.1) is 0 Å². The van der Waals surface area contributed by atoms with Crippen molar-refractivity contribution < 1.29 is 28.6 Å². The maximum Gasteiger partial charge on any atom is 0.306 e. The molecule has 1 atom stereocenters. The fourth-order valence-corrected chi connectivity index (χ4v) is 6.90. The Balaban J connectivity index is 4.40.